The van der Waals surface area contributed by atoms with Gasteiger partial charge in [0.15, 0.2) is 0 Å². The second kappa shape index (κ2) is 6.31. The van der Waals surface area contributed by atoms with E-state index in [0.29, 0.717) is 6.04 Å². The molecule has 0 atom stereocenters. The summed E-state index contributed by atoms with van der Waals surface area (Å²) in [7, 11) is 6.05. The van der Waals surface area contributed by atoms with E-state index in [1.807, 2.05) is 19.9 Å². The van der Waals surface area contributed by atoms with Crippen molar-refractivity contribution in [2.75, 3.05) is 21.2 Å². The molecule has 0 amide bonds. The predicted octanol–water partition coefficient (Wildman–Crippen LogP) is 3.94. The average Bonchev–Trinajstić information content (AvgIpc) is 2.82. The maximum atomic E-state index is 5.32. The van der Waals surface area contributed by atoms with Gasteiger partial charge in [-0.25, -0.2) is 0 Å². The Morgan fingerprint density at radius 2 is 1.85 bits per heavy atom. The molecule has 0 aliphatic heterocycles. The van der Waals surface area contributed by atoms with Crippen molar-refractivity contribution in [1.29, 1.82) is 0 Å². The minimum Gasteiger partial charge on any atom is -0.497 e. The van der Waals surface area contributed by atoms with E-state index in [2.05, 4.69) is 48.0 Å². The van der Waals surface area contributed by atoms with Crippen LogP contribution in [0, 0.1) is 0 Å². The molecule has 1 fully saturated rings. The standard InChI is InChI=1S/C15H20N2O.C2H6/c1-16(2)12-8-13(9-12)17-7-6-11-4-5-14(18-3)10-15(11)17;1-2/h4-7,10,12-13H,8-9H2,1-3H3;1-2H3. The molecule has 110 valence electrons. The first-order valence-electron chi connectivity index (χ1n) is 7.50. The number of ether oxygens (including phenoxy) is 1. The third-order valence-corrected chi connectivity index (χ3v) is 4.14. The fourth-order valence-corrected chi connectivity index (χ4v) is 2.78. The quantitative estimate of drug-likeness (QED) is 0.843. The first kappa shape index (κ1) is 14.9. The number of rotatable bonds is 3. The van der Waals surface area contributed by atoms with Gasteiger partial charge in [-0.1, -0.05) is 13.8 Å². The van der Waals surface area contributed by atoms with Crippen LogP contribution in [-0.2, 0) is 0 Å². The molecule has 0 bridgehead atoms. The summed E-state index contributed by atoms with van der Waals surface area (Å²) in [5.74, 6) is 0.936. The predicted molar refractivity (Wildman–Crippen MR) is 85.6 cm³/mol. The minimum atomic E-state index is 0.641. The molecule has 0 radical (unpaired) electrons. The van der Waals surface area contributed by atoms with Crippen molar-refractivity contribution in [3.05, 3.63) is 30.5 Å². The van der Waals surface area contributed by atoms with Crippen molar-refractivity contribution in [1.82, 2.24) is 9.47 Å². The molecule has 0 saturated heterocycles. The van der Waals surface area contributed by atoms with Gasteiger partial charge in [-0.2, -0.15) is 0 Å². The van der Waals surface area contributed by atoms with Crippen molar-refractivity contribution >= 4 is 10.9 Å². The maximum Gasteiger partial charge on any atom is 0.120 e. The number of nitrogens with zero attached hydrogens (tertiary/aromatic N) is 2. The fourth-order valence-electron chi connectivity index (χ4n) is 2.78. The van der Waals surface area contributed by atoms with Crippen LogP contribution in [0.4, 0.5) is 0 Å². The lowest BCUT2D eigenvalue weighted by Gasteiger charge is -2.40. The summed E-state index contributed by atoms with van der Waals surface area (Å²) in [5, 5.41) is 1.30. The van der Waals surface area contributed by atoms with Gasteiger partial charge in [0, 0.05) is 24.3 Å². The van der Waals surface area contributed by atoms with E-state index in [9.17, 15) is 0 Å². The Kier molecular flexibility index (Phi) is 4.71. The summed E-state index contributed by atoms with van der Waals surface area (Å²) < 4.78 is 7.72. The van der Waals surface area contributed by atoms with E-state index in [0.717, 1.165) is 11.8 Å². The summed E-state index contributed by atoms with van der Waals surface area (Å²) in [4.78, 5) is 2.32. The Hall–Kier alpha value is -1.48. The first-order valence-corrected chi connectivity index (χ1v) is 7.50. The number of fused-ring (bicyclic) bond motifs is 1. The summed E-state index contributed by atoms with van der Waals surface area (Å²) in [6, 6.07) is 9.86. The highest BCUT2D eigenvalue weighted by Crippen LogP contribution is 2.37. The lowest BCUT2D eigenvalue weighted by Crippen LogP contribution is -2.41. The van der Waals surface area contributed by atoms with Crippen LogP contribution in [-0.4, -0.2) is 36.7 Å². The number of methoxy groups -OCH3 is 1. The Morgan fingerprint density at radius 1 is 1.15 bits per heavy atom. The van der Waals surface area contributed by atoms with E-state index in [-0.39, 0.29) is 0 Å². The third-order valence-electron chi connectivity index (χ3n) is 4.14. The van der Waals surface area contributed by atoms with Crippen molar-refractivity contribution in [3.63, 3.8) is 0 Å². The lowest BCUT2D eigenvalue weighted by molar-refractivity contribution is 0.132. The molecule has 20 heavy (non-hydrogen) atoms. The molecule has 1 saturated carbocycles. The zero-order valence-electron chi connectivity index (χ0n) is 13.3. The zero-order valence-corrected chi connectivity index (χ0v) is 13.3. The molecule has 2 aromatic rings. The number of hydrogen-bond donors (Lipinski definition) is 0. The van der Waals surface area contributed by atoms with Gasteiger partial charge in [0.25, 0.3) is 0 Å². The van der Waals surface area contributed by atoms with Gasteiger partial charge in [0.2, 0.25) is 0 Å². The lowest BCUT2D eigenvalue weighted by atomic mass is 9.85. The summed E-state index contributed by atoms with van der Waals surface area (Å²) in [5.41, 5.74) is 1.29. The van der Waals surface area contributed by atoms with E-state index < -0.39 is 0 Å². The minimum absolute atomic E-state index is 0.641. The number of hydrogen-bond acceptors (Lipinski definition) is 2. The Balaban J connectivity index is 0.000000704. The highest BCUT2D eigenvalue weighted by atomic mass is 16.5. The second-order valence-electron chi connectivity index (χ2n) is 5.39. The van der Waals surface area contributed by atoms with Gasteiger partial charge < -0.3 is 14.2 Å². The molecule has 0 unspecified atom stereocenters. The van der Waals surface area contributed by atoms with Crippen LogP contribution in [0.1, 0.15) is 32.7 Å². The van der Waals surface area contributed by atoms with Gasteiger partial charge in [0.1, 0.15) is 5.75 Å². The van der Waals surface area contributed by atoms with E-state index >= 15 is 0 Å². The second-order valence-corrected chi connectivity index (χ2v) is 5.39. The van der Waals surface area contributed by atoms with Crippen molar-refractivity contribution in [2.24, 2.45) is 0 Å². The summed E-state index contributed by atoms with van der Waals surface area (Å²) >= 11 is 0. The monoisotopic (exact) mass is 274 g/mol. The summed E-state index contributed by atoms with van der Waals surface area (Å²) in [6.07, 6.45) is 4.70. The van der Waals surface area contributed by atoms with Crippen LogP contribution in [0.5, 0.6) is 5.75 Å². The first-order chi connectivity index (χ1) is 9.69. The van der Waals surface area contributed by atoms with Crippen molar-refractivity contribution in [2.45, 2.75) is 38.8 Å². The van der Waals surface area contributed by atoms with Crippen LogP contribution in [0.25, 0.3) is 10.9 Å². The van der Waals surface area contributed by atoms with Gasteiger partial charge in [0.05, 0.1) is 12.6 Å². The topological polar surface area (TPSA) is 17.4 Å². The fraction of sp³-hybridized carbons (Fsp3) is 0.529. The van der Waals surface area contributed by atoms with Crippen LogP contribution in [0.2, 0.25) is 0 Å². The molecule has 1 heterocycles. The van der Waals surface area contributed by atoms with E-state index in [4.69, 9.17) is 4.74 Å². The van der Waals surface area contributed by atoms with Gasteiger partial charge in [-0.05, 0) is 50.5 Å². The molecular formula is C17H26N2O. The Bertz CT molecular complexity index is 553. The maximum absolute atomic E-state index is 5.32. The van der Waals surface area contributed by atoms with E-state index in [1.54, 1.807) is 7.11 Å². The number of benzene rings is 1. The van der Waals surface area contributed by atoms with Crippen LogP contribution < -0.4 is 4.74 Å². The molecule has 3 rings (SSSR count). The third kappa shape index (κ3) is 2.68. The molecule has 1 aromatic heterocycles. The molecule has 0 N–H and O–H groups in total. The van der Waals surface area contributed by atoms with Crippen LogP contribution in [0.15, 0.2) is 30.5 Å². The smallest absolute Gasteiger partial charge is 0.120 e. The Labute approximate surface area is 122 Å². The molecular weight excluding hydrogens is 248 g/mol. The highest BCUT2D eigenvalue weighted by Gasteiger charge is 2.32. The molecule has 3 nitrogen and oxygen atoms in total. The van der Waals surface area contributed by atoms with E-state index in [1.165, 1.54) is 23.7 Å². The average molecular weight is 274 g/mol. The SMILES string of the molecule is CC.COc1ccc2ccn(C3CC(N(C)C)C3)c2c1. The van der Waals surface area contributed by atoms with Gasteiger partial charge in [-0.3, -0.25) is 0 Å². The molecule has 0 spiro atoms. The normalized spacial score (nSPS) is 21.3. The molecule has 1 aromatic carbocycles. The van der Waals surface area contributed by atoms with Crippen LogP contribution in [0.3, 0.4) is 0 Å². The largest absolute Gasteiger partial charge is 0.497 e. The van der Waals surface area contributed by atoms with Crippen molar-refractivity contribution in [3.8, 4) is 5.75 Å². The number of aromatic nitrogens is 1. The Morgan fingerprint density at radius 3 is 2.45 bits per heavy atom. The molecule has 1 aliphatic carbocycles. The highest BCUT2D eigenvalue weighted by molar-refractivity contribution is 5.81. The summed E-state index contributed by atoms with van der Waals surface area (Å²) in [6.45, 7) is 4.00. The van der Waals surface area contributed by atoms with Crippen molar-refractivity contribution < 1.29 is 4.74 Å². The van der Waals surface area contributed by atoms with Gasteiger partial charge in [-0.15, -0.1) is 0 Å². The zero-order chi connectivity index (χ0) is 14.7. The molecule has 3 heteroatoms. The molecule has 1 aliphatic rings. The van der Waals surface area contributed by atoms with Gasteiger partial charge >= 0.3 is 0 Å². The van der Waals surface area contributed by atoms with Crippen LogP contribution >= 0.6 is 0 Å².